The number of non-ortho nitro benzene ring substituents is 1. The van der Waals surface area contributed by atoms with Gasteiger partial charge in [-0.05, 0) is 35.2 Å². The Kier molecular flexibility index (Phi) is 3.98. The fourth-order valence-corrected chi connectivity index (χ4v) is 2.87. The number of hydrogen-bond donors (Lipinski definition) is 1. The molecule has 112 valence electrons. The van der Waals surface area contributed by atoms with Gasteiger partial charge in [0.15, 0.2) is 0 Å². The second-order valence-electron chi connectivity index (χ2n) is 5.42. The highest BCUT2D eigenvalue weighted by atomic mass is 16.6. The minimum absolute atomic E-state index is 0.0589. The normalized spacial score (nSPS) is 20.2. The van der Waals surface area contributed by atoms with Crippen LogP contribution >= 0.6 is 0 Å². The maximum atomic E-state index is 10.6. The van der Waals surface area contributed by atoms with Gasteiger partial charge < -0.3 is 5.11 Å². The van der Waals surface area contributed by atoms with Crippen LogP contribution in [-0.4, -0.2) is 22.9 Å². The zero-order chi connectivity index (χ0) is 15.5. The van der Waals surface area contributed by atoms with Crippen molar-refractivity contribution in [2.75, 3.05) is 6.61 Å². The third-order valence-corrected chi connectivity index (χ3v) is 4.02. The largest absolute Gasteiger partial charge is 0.396 e. The van der Waals surface area contributed by atoms with Crippen molar-refractivity contribution in [3.63, 3.8) is 0 Å². The van der Waals surface area contributed by atoms with Crippen LogP contribution in [0.25, 0.3) is 0 Å². The SMILES string of the molecule is O=[N+]([O-])c1ccc(C=N[C@@H]2c3ccccc3C[C@@H]2CO)cc1. The first-order chi connectivity index (χ1) is 10.7. The Labute approximate surface area is 128 Å². The summed E-state index contributed by atoms with van der Waals surface area (Å²) in [6, 6.07) is 14.3. The molecule has 0 heterocycles. The van der Waals surface area contributed by atoms with E-state index in [-0.39, 0.29) is 24.3 Å². The molecule has 0 aromatic heterocycles. The summed E-state index contributed by atoms with van der Waals surface area (Å²) >= 11 is 0. The highest BCUT2D eigenvalue weighted by Crippen LogP contribution is 2.38. The van der Waals surface area contributed by atoms with Crippen molar-refractivity contribution < 1.29 is 10.0 Å². The molecular formula is C17H16N2O3. The molecule has 3 rings (SSSR count). The van der Waals surface area contributed by atoms with Gasteiger partial charge in [-0.25, -0.2) is 0 Å². The monoisotopic (exact) mass is 296 g/mol. The van der Waals surface area contributed by atoms with Crippen LogP contribution in [0.2, 0.25) is 0 Å². The first kappa shape index (κ1) is 14.4. The molecule has 0 fully saturated rings. The number of nitro groups is 1. The van der Waals surface area contributed by atoms with Crippen LogP contribution in [0.15, 0.2) is 53.5 Å². The lowest BCUT2D eigenvalue weighted by atomic mass is 10.0. The minimum Gasteiger partial charge on any atom is -0.396 e. The van der Waals surface area contributed by atoms with Crippen molar-refractivity contribution in [2.45, 2.75) is 12.5 Å². The van der Waals surface area contributed by atoms with Gasteiger partial charge in [0.1, 0.15) is 0 Å². The van der Waals surface area contributed by atoms with Crippen LogP contribution < -0.4 is 0 Å². The van der Waals surface area contributed by atoms with Crippen LogP contribution in [0, 0.1) is 16.0 Å². The summed E-state index contributed by atoms with van der Waals surface area (Å²) in [5.41, 5.74) is 3.26. The van der Waals surface area contributed by atoms with Crippen molar-refractivity contribution in [3.05, 3.63) is 75.3 Å². The lowest BCUT2D eigenvalue weighted by Gasteiger charge is -2.13. The zero-order valence-corrected chi connectivity index (χ0v) is 11.9. The van der Waals surface area contributed by atoms with E-state index in [1.165, 1.54) is 17.7 Å². The summed E-state index contributed by atoms with van der Waals surface area (Å²) in [6.07, 6.45) is 2.55. The van der Waals surface area contributed by atoms with Crippen molar-refractivity contribution in [2.24, 2.45) is 10.9 Å². The van der Waals surface area contributed by atoms with Crippen molar-refractivity contribution in [3.8, 4) is 0 Å². The fraction of sp³-hybridized carbons (Fsp3) is 0.235. The van der Waals surface area contributed by atoms with E-state index in [0.717, 1.165) is 17.5 Å². The van der Waals surface area contributed by atoms with E-state index in [4.69, 9.17) is 0 Å². The van der Waals surface area contributed by atoms with Crippen LogP contribution in [0.4, 0.5) is 5.69 Å². The molecule has 5 nitrogen and oxygen atoms in total. The number of benzene rings is 2. The molecule has 2 atom stereocenters. The Hall–Kier alpha value is -2.53. The highest BCUT2D eigenvalue weighted by molar-refractivity contribution is 5.80. The van der Waals surface area contributed by atoms with Crippen molar-refractivity contribution >= 4 is 11.9 Å². The Bertz CT molecular complexity index is 710. The van der Waals surface area contributed by atoms with Gasteiger partial charge in [-0.15, -0.1) is 0 Å². The van der Waals surface area contributed by atoms with Crippen LogP contribution in [0.5, 0.6) is 0 Å². The molecule has 0 radical (unpaired) electrons. The zero-order valence-electron chi connectivity index (χ0n) is 11.9. The molecule has 2 aromatic rings. The van der Waals surface area contributed by atoms with Crippen LogP contribution in [0.3, 0.4) is 0 Å². The molecule has 5 heteroatoms. The number of nitrogens with zero attached hydrogens (tertiary/aromatic N) is 2. The lowest BCUT2D eigenvalue weighted by Crippen LogP contribution is -2.10. The standard InChI is InChI=1S/C17H16N2O3/c20-11-14-9-13-3-1-2-4-16(13)17(14)18-10-12-5-7-15(8-6-12)19(21)22/h1-8,10,14,17,20H,9,11H2/t14-,17+/m1/s1. The predicted molar refractivity (Wildman–Crippen MR) is 84.2 cm³/mol. The van der Waals surface area contributed by atoms with E-state index < -0.39 is 4.92 Å². The van der Waals surface area contributed by atoms with Crippen LogP contribution in [-0.2, 0) is 6.42 Å². The summed E-state index contributed by atoms with van der Waals surface area (Å²) in [6.45, 7) is 0.0942. The number of aliphatic hydroxyl groups is 1. The second kappa shape index (κ2) is 6.07. The molecule has 0 spiro atoms. The number of nitro benzene ring substituents is 1. The molecule has 0 saturated carbocycles. The van der Waals surface area contributed by atoms with E-state index in [1.807, 2.05) is 18.2 Å². The average molecular weight is 296 g/mol. The first-order valence-corrected chi connectivity index (χ1v) is 7.15. The molecule has 22 heavy (non-hydrogen) atoms. The number of rotatable bonds is 4. The Morgan fingerprint density at radius 2 is 1.95 bits per heavy atom. The molecule has 1 N–H and O–H groups in total. The van der Waals surface area contributed by atoms with Gasteiger partial charge in [-0.1, -0.05) is 24.3 Å². The van der Waals surface area contributed by atoms with Gasteiger partial charge in [-0.2, -0.15) is 0 Å². The van der Waals surface area contributed by atoms with Crippen molar-refractivity contribution in [1.82, 2.24) is 0 Å². The van der Waals surface area contributed by atoms with Gasteiger partial charge in [0.25, 0.3) is 5.69 Å². The van der Waals surface area contributed by atoms with Gasteiger partial charge in [0.2, 0.25) is 0 Å². The summed E-state index contributed by atoms with van der Waals surface area (Å²) < 4.78 is 0. The van der Waals surface area contributed by atoms with E-state index in [2.05, 4.69) is 11.1 Å². The number of aliphatic hydroxyl groups excluding tert-OH is 1. The number of hydrogen-bond acceptors (Lipinski definition) is 4. The number of aliphatic imine (C=N–C) groups is 1. The van der Waals surface area contributed by atoms with Gasteiger partial charge in [0, 0.05) is 30.9 Å². The molecule has 1 aliphatic rings. The van der Waals surface area contributed by atoms with E-state index in [0.29, 0.717) is 0 Å². The van der Waals surface area contributed by atoms with Gasteiger partial charge in [0.05, 0.1) is 11.0 Å². The maximum absolute atomic E-state index is 10.6. The topological polar surface area (TPSA) is 75.7 Å². The fourth-order valence-electron chi connectivity index (χ4n) is 2.87. The summed E-state index contributed by atoms with van der Waals surface area (Å²) in [4.78, 5) is 14.8. The second-order valence-corrected chi connectivity index (χ2v) is 5.42. The maximum Gasteiger partial charge on any atom is 0.269 e. The summed E-state index contributed by atoms with van der Waals surface area (Å²) in [7, 11) is 0. The highest BCUT2D eigenvalue weighted by Gasteiger charge is 2.30. The number of fused-ring (bicyclic) bond motifs is 1. The van der Waals surface area contributed by atoms with E-state index >= 15 is 0 Å². The quantitative estimate of drug-likeness (QED) is 0.535. The molecule has 0 amide bonds. The summed E-state index contributed by atoms with van der Waals surface area (Å²) in [5.74, 6) is 0.0895. The van der Waals surface area contributed by atoms with Gasteiger partial charge in [-0.3, -0.25) is 15.1 Å². The molecule has 0 aliphatic heterocycles. The van der Waals surface area contributed by atoms with Gasteiger partial charge >= 0.3 is 0 Å². The Balaban J connectivity index is 1.83. The molecule has 0 bridgehead atoms. The first-order valence-electron chi connectivity index (χ1n) is 7.15. The minimum atomic E-state index is -0.421. The average Bonchev–Trinajstić information content (AvgIpc) is 2.91. The molecule has 1 aliphatic carbocycles. The molecular weight excluding hydrogens is 280 g/mol. The summed E-state index contributed by atoms with van der Waals surface area (Å²) in [5, 5.41) is 20.2. The Morgan fingerprint density at radius 1 is 1.23 bits per heavy atom. The third kappa shape index (κ3) is 2.76. The van der Waals surface area contributed by atoms with Crippen molar-refractivity contribution in [1.29, 1.82) is 0 Å². The predicted octanol–water partition coefficient (Wildman–Crippen LogP) is 2.92. The lowest BCUT2D eigenvalue weighted by molar-refractivity contribution is -0.384. The molecule has 0 saturated heterocycles. The Morgan fingerprint density at radius 3 is 2.64 bits per heavy atom. The van der Waals surface area contributed by atoms with E-state index in [9.17, 15) is 15.2 Å². The molecule has 0 unspecified atom stereocenters. The molecule has 2 aromatic carbocycles. The third-order valence-electron chi connectivity index (χ3n) is 4.02. The van der Waals surface area contributed by atoms with Crippen LogP contribution in [0.1, 0.15) is 22.7 Å². The smallest absolute Gasteiger partial charge is 0.269 e. The van der Waals surface area contributed by atoms with E-state index in [1.54, 1.807) is 18.3 Å².